The van der Waals surface area contributed by atoms with Gasteiger partial charge in [0, 0.05) is 45.6 Å². The third kappa shape index (κ3) is 4.28. The topological polar surface area (TPSA) is 106 Å². The monoisotopic (exact) mass is 607 g/mol. The number of hydrogen-bond acceptors (Lipinski definition) is 6. The van der Waals surface area contributed by atoms with Crippen LogP contribution in [-0.4, -0.2) is 29.9 Å². The van der Waals surface area contributed by atoms with Gasteiger partial charge in [0.15, 0.2) is 0 Å². The standard InChI is InChI=1S/C32H18N8.C2H6.Cu/c1-2-10-18-17(9-1)25-33-26(18)38-28-21-13-5-6-14-22(21)30(35-28)40-32-24-16-8-7-15-23(24)31(36-32)39-29-20-12-4-3-11-19(20)27(34-29)37-25;1-2;/h1-18H;1-2H3;/q-2;;+2. The average molecular weight is 608 g/mol. The second-order valence-electron chi connectivity index (χ2n) is 10.0. The first-order chi connectivity index (χ1) is 20.8. The molecule has 3 aromatic carbocycles. The molecule has 2 aliphatic heterocycles. The number of rotatable bonds is 0. The van der Waals surface area contributed by atoms with Crippen LogP contribution in [0.2, 0.25) is 0 Å². The zero-order chi connectivity index (χ0) is 28.2. The molecule has 0 saturated heterocycles. The summed E-state index contributed by atoms with van der Waals surface area (Å²) in [6.45, 7) is 4.00. The molecule has 2 atom stereocenters. The maximum Gasteiger partial charge on any atom is 2.00 e. The zero-order valence-electron chi connectivity index (χ0n) is 23.3. The summed E-state index contributed by atoms with van der Waals surface area (Å²) in [5.74, 6) is 2.39. The summed E-state index contributed by atoms with van der Waals surface area (Å²) in [6, 6.07) is 24.0. The van der Waals surface area contributed by atoms with E-state index in [4.69, 9.17) is 39.9 Å². The van der Waals surface area contributed by atoms with E-state index in [9.17, 15) is 0 Å². The average Bonchev–Trinajstić information content (AvgIpc) is 3.78. The van der Waals surface area contributed by atoms with Crippen molar-refractivity contribution in [1.82, 2.24) is 39.9 Å². The normalized spacial score (nSPS) is 16.2. The zero-order valence-corrected chi connectivity index (χ0v) is 24.2. The fraction of sp³-hybridized carbons (Fsp3) is 0.118. The van der Waals surface area contributed by atoms with Crippen LogP contribution >= 0.6 is 0 Å². The predicted octanol–water partition coefficient (Wildman–Crippen LogP) is 6.81. The van der Waals surface area contributed by atoms with Gasteiger partial charge in [-0.05, 0) is 21.5 Å². The van der Waals surface area contributed by atoms with E-state index in [0.717, 1.165) is 32.7 Å². The van der Waals surface area contributed by atoms with Gasteiger partial charge < -0.3 is 29.9 Å². The van der Waals surface area contributed by atoms with Gasteiger partial charge in [0.25, 0.3) is 0 Å². The Labute approximate surface area is 257 Å². The van der Waals surface area contributed by atoms with Gasteiger partial charge >= 0.3 is 17.1 Å². The summed E-state index contributed by atoms with van der Waals surface area (Å²) < 4.78 is 0. The molecule has 9 heteroatoms. The van der Waals surface area contributed by atoms with E-state index in [1.165, 1.54) is 0 Å². The molecule has 8 nitrogen and oxygen atoms in total. The van der Waals surface area contributed by atoms with Crippen molar-refractivity contribution in [3.63, 3.8) is 0 Å². The van der Waals surface area contributed by atoms with E-state index in [1.807, 2.05) is 98.8 Å². The van der Waals surface area contributed by atoms with Gasteiger partial charge in [0.1, 0.15) is 0 Å². The molecule has 8 bridgehead atoms. The van der Waals surface area contributed by atoms with E-state index < -0.39 is 0 Å². The summed E-state index contributed by atoms with van der Waals surface area (Å²) >= 11 is 0. The second kappa shape index (κ2) is 10.7. The minimum Gasteiger partial charge on any atom is -0.357 e. The summed E-state index contributed by atoms with van der Waals surface area (Å²) in [6.07, 6.45) is 8.31. The van der Waals surface area contributed by atoms with Crippen LogP contribution in [0.25, 0.3) is 66.9 Å². The Balaban J connectivity index is 0.000000981. The minimum atomic E-state index is -0.0384. The molecule has 0 spiro atoms. The predicted molar refractivity (Wildman–Crippen MR) is 165 cm³/mol. The number of benzene rings is 3. The van der Waals surface area contributed by atoms with Crippen LogP contribution in [0.5, 0.6) is 0 Å². The van der Waals surface area contributed by atoms with Crippen molar-refractivity contribution in [3.8, 4) is 22.8 Å². The Morgan fingerprint density at radius 1 is 0.465 bits per heavy atom. The fourth-order valence-electron chi connectivity index (χ4n) is 5.78. The molecule has 5 heterocycles. The molecule has 0 saturated carbocycles. The van der Waals surface area contributed by atoms with E-state index in [-0.39, 0.29) is 28.9 Å². The first kappa shape index (κ1) is 26.9. The van der Waals surface area contributed by atoms with Crippen molar-refractivity contribution >= 4 is 44.1 Å². The van der Waals surface area contributed by atoms with Crippen LogP contribution in [0.4, 0.5) is 0 Å². The van der Waals surface area contributed by atoms with Crippen molar-refractivity contribution in [2.24, 2.45) is 0 Å². The summed E-state index contributed by atoms with van der Waals surface area (Å²) in [7, 11) is 0. The molecule has 0 fully saturated rings. The fourth-order valence-corrected chi connectivity index (χ4v) is 5.78. The Bertz CT molecular complexity index is 2110. The molecule has 0 amide bonds. The molecule has 43 heavy (non-hydrogen) atoms. The molecule has 3 aliphatic rings. The maximum atomic E-state index is 5.01. The molecule has 211 valence electrons. The van der Waals surface area contributed by atoms with Crippen LogP contribution in [-0.2, 0) is 17.1 Å². The Hall–Kier alpha value is -4.98. The van der Waals surface area contributed by atoms with Crippen LogP contribution < -0.4 is 9.97 Å². The molecule has 1 radical (unpaired) electrons. The number of fused-ring (bicyclic) bond motifs is 20. The van der Waals surface area contributed by atoms with Gasteiger partial charge in [-0.15, -0.1) is 0 Å². The first-order valence-corrected chi connectivity index (χ1v) is 14.1. The van der Waals surface area contributed by atoms with E-state index in [1.54, 1.807) is 0 Å². The largest absolute Gasteiger partial charge is 2.00 e. The quantitative estimate of drug-likeness (QED) is 0.173. The van der Waals surface area contributed by atoms with E-state index in [2.05, 4.69) is 12.2 Å². The Morgan fingerprint density at radius 2 is 0.837 bits per heavy atom. The van der Waals surface area contributed by atoms with Crippen molar-refractivity contribution in [2.75, 3.05) is 0 Å². The summed E-state index contributed by atoms with van der Waals surface area (Å²) in [5, 5.41) is 3.65. The molecule has 0 N–H and O–H groups in total. The molecular weight excluding hydrogens is 584 g/mol. The third-order valence-corrected chi connectivity index (χ3v) is 7.69. The van der Waals surface area contributed by atoms with Gasteiger partial charge in [-0.1, -0.05) is 111 Å². The van der Waals surface area contributed by atoms with E-state index in [0.29, 0.717) is 45.9 Å². The summed E-state index contributed by atoms with van der Waals surface area (Å²) in [5.41, 5.74) is 4.11. The third-order valence-electron chi connectivity index (χ3n) is 7.69. The Kier molecular flexibility index (Phi) is 6.69. The maximum absolute atomic E-state index is 5.01. The molecule has 3 aromatic heterocycles. The SMILES string of the molecule is C1=CC2c3nc(nc4[n-]c(nc5nc(nc6[n-]c(n3)c3ccccc63)-c3ccccc3-5)c3ccccc43)C2C=C1.CC.[Cu+2]. The van der Waals surface area contributed by atoms with Gasteiger partial charge in [0.05, 0.1) is 23.3 Å². The van der Waals surface area contributed by atoms with E-state index >= 15 is 0 Å². The van der Waals surface area contributed by atoms with Gasteiger partial charge in [-0.3, -0.25) is 4.98 Å². The van der Waals surface area contributed by atoms with Gasteiger partial charge in [-0.2, -0.15) is 0 Å². The van der Waals surface area contributed by atoms with Crippen LogP contribution in [0.3, 0.4) is 0 Å². The molecular formula is C34H24CuN8. The molecule has 1 aliphatic carbocycles. The van der Waals surface area contributed by atoms with Crippen molar-refractivity contribution in [1.29, 1.82) is 0 Å². The Morgan fingerprint density at radius 3 is 1.26 bits per heavy atom. The van der Waals surface area contributed by atoms with Gasteiger partial charge in [0.2, 0.25) is 0 Å². The van der Waals surface area contributed by atoms with Crippen molar-refractivity contribution in [2.45, 2.75) is 25.7 Å². The van der Waals surface area contributed by atoms with Crippen LogP contribution in [0, 0.1) is 0 Å². The van der Waals surface area contributed by atoms with Crippen LogP contribution in [0.1, 0.15) is 37.3 Å². The minimum absolute atomic E-state index is 0. The summed E-state index contributed by atoms with van der Waals surface area (Å²) in [4.78, 5) is 39.5. The molecule has 6 aromatic rings. The first-order valence-electron chi connectivity index (χ1n) is 14.1. The second-order valence-corrected chi connectivity index (χ2v) is 10.0. The molecule has 9 rings (SSSR count). The van der Waals surface area contributed by atoms with Gasteiger partial charge in [-0.25, -0.2) is 4.98 Å². The number of allylic oxidation sites excluding steroid dienone is 4. The molecule has 2 unspecified atom stereocenters. The smallest absolute Gasteiger partial charge is 0.357 e. The van der Waals surface area contributed by atoms with Crippen LogP contribution in [0.15, 0.2) is 97.1 Å². The number of aromatic nitrogens is 8. The number of nitrogens with zero attached hydrogens (tertiary/aromatic N) is 8. The number of hydrogen-bond donors (Lipinski definition) is 0. The van der Waals surface area contributed by atoms with Crippen molar-refractivity contribution < 1.29 is 17.1 Å². The van der Waals surface area contributed by atoms with Crippen molar-refractivity contribution in [3.05, 3.63) is 109 Å².